The predicted octanol–water partition coefficient (Wildman–Crippen LogP) is 5.49. The third-order valence-electron chi connectivity index (χ3n) is 3.61. The van der Waals surface area contributed by atoms with Crippen molar-refractivity contribution in [2.75, 3.05) is 11.9 Å². The molecule has 3 aromatic rings. The first-order chi connectivity index (χ1) is 12.6. The average molecular weight is 430 g/mol. The Kier molecular flexibility index (Phi) is 5.85. The van der Waals surface area contributed by atoms with Gasteiger partial charge in [0.1, 0.15) is 10.6 Å². The van der Waals surface area contributed by atoms with E-state index in [9.17, 15) is 9.59 Å². The number of carbonyl (C=O) groups is 2. The van der Waals surface area contributed by atoms with Crippen molar-refractivity contribution in [3.8, 4) is 0 Å². The second-order valence-corrected chi connectivity index (χ2v) is 7.36. The van der Waals surface area contributed by atoms with Crippen molar-refractivity contribution in [3.63, 3.8) is 0 Å². The van der Waals surface area contributed by atoms with Crippen LogP contribution in [0.25, 0.3) is 16.2 Å². The first-order valence-electron chi connectivity index (χ1n) is 8.01. The molecule has 2 aromatic carbocycles. The molecule has 0 saturated carbocycles. The molecule has 4 nitrogen and oxygen atoms in total. The minimum atomic E-state index is -0.433. The summed E-state index contributed by atoms with van der Waals surface area (Å²) < 4.78 is 7.05. The highest BCUT2D eigenvalue weighted by Crippen LogP contribution is 2.36. The third-order valence-corrected chi connectivity index (χ3v) is 5.22. The molecule has 0 aliphatic heterocycles. The standard InChI is InChI=1S/C20H16BrNO3S/c1-2-25-20(24)18-15-5-3-4-6-16(15)26-19(18)22-17(23)12-9-13-7-10-14(21)11-8-13/h3-12H,2H2,1H3,(H,22,23)/b12-9+. The van der Waals surface area contributed by atoms with E-state index in [4.69, 9.17) is 4.74 Å². The second-order valence-electron chi connectivity index (χ2n) is 5.40. The highest BCUT2D eigenvalue weighted by molar-refractivity contribution is 9.10. The summed E-state index contributed by atoms with van der Waals surface area (Å²) in [6, 6.07) is 15.1. The molecule has 1 amide bonds. The summed E-state index contributed by atoms with van der Waals surface area (Å²) in [4.78, 5) is 24.7. The summed E-state index contributed by atoms with van der Waals surface area (Å²) in [5.41, 5.74) is 1.31. The quantitative estimate of drug-likeness (QED) is 0.430. The fourth-order valence-electron chi connectivity index (χ4n) is 2.44. The number of benzene rings is 2. The smallest absolute Gasteiger partial charge is 0.341 e. The summed E-state index contributed by atoms with van der Waals surface area (Å²) >= 11 is 4.73. The number of halogens is 1. The van der Waals surface area contributed by atoms with Crippen molar-refractivity contribution in [1.29, 1.82) is 0 Å². The van der Waals surface area contributed by atoms with Crippen LogP contribution in [0.3, 0.4) is 0 Å². The van der Waals surface area contributed by atoms with Crippen LogP contribution in [-0.4, -0.2) is 18.5 Å². The molecule has 1 heterocycles. The fourth-order valence-corrected chi connectivity index (χ4v) is 3.80. The van der Waals surface area contributed by atoms with Crippen molar-refractivity contribution >= 4 is 60.3 Å². The van der Waals surface area contributed by atoms with Crippen molar-refractivity contribution < 1.29 is 14.3 Å². The average Bonchev–Trinajstić information content (AvgIpc) is 2.99. The topological polar surface area (TPSA) is 55.4 Å². The molecule has 0 unspecified atom stereocenters. The van der Waals surface area contributed by atoms with Gasteiger partial charge in [-0.3, -0.25) is 4.79 Å². The molecule has 1 N–H and O–H groups in total. The van der Waals surface area contributed by atoms with E-state index in [0.717, 1.165) is 20.1 Å². The van der Waals surface area contributed by atoms with Gasteiger partial charge in [0.25, 0.3) is 0 Å². The molecule has 1 aromatic heterocycles. The zero-order chi connectivity index (χ0) is 18.5. The summed E-state index contributed by atoms with van der Waals surface area (Å²) in [6.07, 6.45) is 3.17. The van der Waals surface area contributed by atoms with Gasteiger partial charge in [-0.15, -0.1) is 11.3 Å². The van der Waals surface area contributed by atoms with Gasteiger partial charge in [0.05, 0.1) is 6.61 Å². The van der Waals surface area contributed by atoms with Crippen LogP contribution in [0.1, 0.15) is 22.8 Å². The lowest BCUT2D eigenvalue weighted by Crippen LogP contribution is -2.12. The molecule has 0 atom stereocenters. The van der Waals surface area contributed by atoms with Crippen molar-refractivity contribution in [3.05, 3.63) is 70.2 Å². The number of hydrogen-bond acceptors (Lipinski definition) is 4. The Hall–Kier alpha value is -2.44. The molecule has 0 saturated heterocycles. The molecule has 26 heavy (non-hydrogen) atoms. The summed E-state index contributed by atoms with van der Waals surface area (Å²) in [7, 11) is 0. The molecular formula is C20H16BrNO3S. The SMILES string of the molecule is CCOC(=O)c1c(NC(=O)/C=C/c2ccc(Br)cc2)sc2ccccc12. The lowest BCUT2D eigenvalue weighted by Gasteiger charge is -2.05. The normalized spacial score (nSPS) is 11.0. The number of amides is 1. The molecule has 0 fully saturated rings. The Labute approximate surface area is 163 Å². The minimum Gasteiger partial charge on any atom is -0.462 e. The van der Waals surface area contributed by atoms with E-state index in [2.05, 4.69) is 21.2 Å². The lowest BCUT2D eigenvalue weighted by atomic mass is 10.1. The number of nitrogens with one attached hydrogen (secondary N) is 1. The Morgan fingerprint density at radius 2 is 1.88 bits per heavy atom. The molecule has 3 rings (SSSR count). The Balaban J connectivity index is 1.85. The Bertz CT molecular complexity index is 976. The molecule has 0 spiro atoms. The second kappa shape index (κ2) is 8.29. The number of ether oxygens (including phenoxy) is 1. The minimum absolute atomic E-state index is 0.278. The van der Waals surface area contributed by atoms with Gasteiger partial charge in [0.2, 0.25) is 5.91 Å². The molecule has 0 bridgehead atoms. The zero-order valence-electron chi connectivity index (χ0n) is 14.0. The van der Waals surface area contributed by atoms with E-state index in [1.165, 1.54) is 17.4 Å². The van der Waals surface area contributed by atoms with Crippen molar-refractivity contribution in [2.45, 2.75) is 6.92 Å². The van der Waals surface area contributed by atoms with Gasteiger partial charge >= 0.3 is 5.97 Å². The van der Waals surface area contributed by atoms with Crippen LogP contribution in [0, 0.1) is 0 Å². The number of esters is 1. The van der Waals surface area contributed by atoms with Crippen LogP contribution in [0.2, 0.25) is 0 Å². The van der Waals surface area contributed by atoms with Crippen LogP contribution in [0.15, 0.2) is 59.1 Å². The Morgan fingerprint density at radius 3 is 2.62 bits per heavy atom. The van der Waals surface area contributed by atoms with E-state index in [-0.39, 0.29) is 12.5 Å². The van der Waals surface area contributed by atoms with Crippen LogP contribution in [-0.2, 0) is 9.53 Å². The van der Waals surface area contributed by atoms with E-state index < -0.39 is 5.97 Å². The highest BCUT2D eigenvalue weighted by atomic mass is 79.9. The maximum atomic E-state index is 12.3. The molecular weight excluding hydrogens is 414 g/mol. The number of thiophene rings is 1. The van der Waals surface area contributed by atoms with E-state index >= 15 is 0 Å². The first kappa shape index (κ1) is 18.4. The molecule has 132 valence electrons. The van der Waals surface area contributed by atoms with Gasteiger partial charge in [-0.1, -0.05) is 46.3 Å². The number of anilines is 1. The van der Waals surface area contributed by atoms with Gasteiger partial charge < -0.3 is 10.1 Å². The monoisotopic (exact) mass is 429 g/mol. The maximum Gasteiger partial charge on any atom is 0.341 e. The van der Waals surface area contributed by atoms with Gasteiger partial charge in [-0.05, 0) is 36.8 Å². The van der Waals surface area contributed by atoms with Crippen LogP contribution >= 0.6 is 27.3 Å². The molecule has 0 aliphatic rings. The van der Waals surface area contributed by atoms with Crippen LogP contribution in [0.5, 0.6) is 0 Å². The number of rotatable bonds is 5. The predicted molar refractivity (Wildman–Crippen MR) is 110 cm³/mol. The first-order valence-corrected chi connectivity index (χ1v) is 9.62. The van der Waals surface area contributed by atoms with Gasteiger partial charge in [-0.2, -0.15) is 0 Å². The van der Waals surface area contributed by atoms with E-state index in [1.807, 2.05) is 48.5 Å². The van der Waals surface area contributed by atoms with Gasteiger partial charge in [0.15, 0.2) is 0 Å². The maximum absolute atomic E-state index is 12.3. The summed E-state index contributed by atoms with van der Waals surface area (Å²) in [5, 5.41) is 4.08. The summed E-state index contributed by atoms with van der Waals surface area (Å²) in [6.45, 7) is 2.03. The lowest BCUT2D eigenvalue weighted by molar-refractivity contribution is -0.111. The van der Waals surface area contributed by atoms with Gasteiger partial charge in [0, 0.05) is 20.6 Å². The largest absolute Gasteiger partial charge is 0.462 e. The van der Waals surface area contributed by atoms with Crippen LogP contribution in [0.4, 0.5) is 5.00 Å². The van der Waals surface area contributed by atoms with Gasteiger partial charge in [-0.25, -0.2) is 4.79 Å². The third kappa shape index (κ3) is 4.20. The van der Waals surface area contributed by atoms with Crippen molar-refractivity contribution in [2.24, 2.45) is 0 Å². The number of hydrogen-bond donors (Lipinski definition) is 1. The Morgan fingerprint density at radius 1 is 1.15 bits per heavy atom. The molecule has 0 radical (unpaired) electrons. The zero-order valence-corrected chi connectivity index (χ0v) is 16.4. The molecule has 0 aliphatic carbocycles. The number of carbonyl (C=O) groups excluding carboxylic acids is 2. The molecule has 6 heteroatoms. The van der Waals surface area contributed by atoms with E-state index in [0.29, 0.717) is 10.6 Å². The van der Waals surface area contributed by atoms with E-state index in [1.54, 1.807) is 13.0 Å². The summed E-state index contributed by atoms with van der Waals surface area (Å²) in [5.74, 6) is -0.734. The van der Waals surface area contributed by atoms with Crippen molar-refractivity contribution in [1.82, 2.24) is 0 Å². The van der Waals surface area contributed by atoms with Crippen LogP contribution < -0.4 is 5.32 Å². The fraction of sp³-hybridized carbons (Fsp3) is 0.100. The highest BCUT2D eigenvalue weighted by Gasteiger charge is 2.20. The number of fused-ring (bicyclic) bond motifs is 1.